The van der Waals surface area contributed by atoms with Gasteiger partial charge in [0.15, 0.2) is 0 Å². The van der Waals surface area contributed by atoms with E-state index < -0.39 is 5.97 Å². The van der Waals surface area contributed by atoms with Gasteiger partial charge in [0.25, 0.3) is 0 Å². The molecule has 0 spiro atoms. The van der Waals surface area contributed by atoms with E-state index in [0.29, 0.717) is 13.1 Å². The Bertz CT molecular complexity index is 708. The van der Waals surface area contributed by atoms with Crippen molar-refractivity contribution in [1.29, 1.82) is 0 Å². The molecule has 6 nitrogen and oxygen atoms in total. The fourth-order valence-corrected chi connectivity index (χ4v) is 2.92. The fraction of sp³-hybridized carbons (Fsp3) is 0.375. The number of hydrogen-bond acceptors (Lipinski definition) is 2. The predicted octanol–water partition coefficient (Wildman–Crippen LogP) is 2.03. The van der Waals surface area contributed by atoms with Crippen molar-refractivity contribution in [1.82, 2.24) is 14.8 Å². The third kappa shape index (κ3) is 2.90. The number of carboxylic acid groups (broad SMARTS) is 1. The highest BCUT2D eigenvalue weighted by atomic mass is 16.4. The maximum Gasteiger partial charge on any atom is 0.317 e. The standard InChI is InChI=1S/C16H19N3O3/c20-15(21)6-7-17-16(22)18-8-3-9-19-13(11-18)10-12-4-1-2-5-14(12)19/h1-2,4-5,10H,3,6-9,11H2,(H,17,22)(H,20,21). The number of rotatable bonds is 3. The first-order valence-electron chi connectivity index (χ1n) is 7.47. The summed E-state index contributed by atoms with van der Waals surface area (Å²) in [6, 6.07) is 10.1. The lowest BCUT2D eigenvalue weighted by Gasteiger charge is -2.20. The molecular formula is C16H19N3O3. The van der Waals surface area contributed by atoms with Crippen molar-refractivity contribution in [3.05, 3.63) is 36.0 Å². The number of fused-ring (bicyclic) bond motifs is 3. The second-order valence-corrected chi connectivity index (χ2v) is 5.50. The van der Waals surface area contributed by atoms with Gasteiger partial charge in [-0.15, -0.1) is 0 Å². The van der Waals surface area contributed by atoms with E-state index >= 15 is 0 Å². The highest BCUT2D eigenvalue weighted by Crippen LogP contribution is 2.23. The monoisotopic (exact) mass is 301 g/mol. The van der Waals surface area contributed by atoms with Crippen LogP contribution in [0.15, 0.2) is 30.3 Å². The molecular weight excluding hydrogens is 282 g/mol. The Morgan fingerprint density at radius 1 is 1.23 bits per heavy atom. The molecule has 3 rings (SSSR count). The Kier molecular flexibility index (Phi) is 4.00. The van der Waals surface area contributed by atoms with E-state index in [1.54, 1.807) is 4.90 Å². The largest absolute Gasteiger partial charge is 0.481 e. The molecule has 6 heteroatoms. The van der Waals surface area contributed by atoms with Crippen molar-refractivity contribution in [2.75, 3.05) is 13.1 Å². The third-order valence-corrected chi connectivity index (χ3v) is 3.96. The van der Waals surface area contributed by atoms with Crippen LogP contribution in [0.5, 0.6) is 0 Å². The molecule has 0 unspecified atom stereocenters. The number of aromatic nitrogens is 1. The molecule has 0 atom stereocenters. The average Bonchev–Trinajstić information content (AvgIpc) is 2.70. The first kappa shape index (κ1) is 14.4. The first-order valence-corrected chi connectivity index (χ1v) is 7.47. The van der Waals surface area contributed by atoms with Gasteiger partial charge < -0.3 is 19.9 Å². The average molecular weight is 301 g/mol. The number of hydrogen-bond donors (Lipinski definition) is 2. The van der Waals surface area contributed by atoms with Crippen LogP contribution in [0, 0.1) is 0 Å². The Hall–Kier alpha value is -2.50. The maximum atomic E-state index is 12.2. The summed E-state index contributed by atoms with van der Waals surface area (Å²) in [6.07, 6.45) is 0.831. The lowest BCUT2D eigenvalue weighted by atomic mass is 10.2. The van der Waals surface area contributed by atoms with Crippen LogP contribution < -0.4 is 5.32 Å². The molecule has 2 heterocycles. The molecule has 2 aromatic rings. The van der Waals surface area contributed by atoms with Crippen LogP contribution in [0.25, 0.3) is 10.9 Å². The molecule has 1 aliphatic heterocycles. The summed E-state index contributed by atoms with van der Waals surface area (Å²) in [5.41, 5.74) is 2.32. The SMILES string of the molecule is O=C(O)CCNC(=O)N1CCCn2c(cc3ccccc32)C1. The lowest BCUT2D eigenvalue weighted by Crippen LogP contribution is -2.40. The van der Waals surface area contributed by atoms with E-state index in [4.69, 9.17) is 5.11 Å². The summed E-state index contributed by atoms with van der Waals surface area (Å²) < 4.78 is 2.26. The number of aliphatic carboxylic acids is 1. The number of aryl methyl sites for hydroxylation is 1. The van der Waals surface area contributed by atoms with Crippen molar-refractivity contribution in [2.24, 2.45) is 0 Å². The number of amides is 2. The number of urea groups is 1. The van der Waals surface area contributed by atoms with E-state index in [9.17, 15) is 9.59 Å². The molecule has 2 N–H and O–H groups in total. The number of benzene rings is 1. The predicted molar refractivity (Wildman–Crippen MR) is 82.6 cm³/mol. The van der Waals surface area contributed by atoms with Crippen molar-refractivity contribution in [2.45, 2.75) is 25.9 Å². The Labute approximate surface area is 128 Å². The van der Waals surface area contributed by atoms with Crippen molar-refractivity contribution < 1.29 is 14.7 Å². The molecule has 0 aliphatic carbocycles. The number of carboxylic acids is 1. The van der Waals surface area contributed by atoms with Crippen LogP contribution in [0.1, 0.15) is 18.5 Å². The van der Waals surface area contributed by atoms with Crippen molar-refractivity contribution in [3.8, 4) is 0 Å². The molecule has 0 saturated carbocycles. The molecule has 0 fully saturated rings. The van der Waals surface area contributed by atoms with E-state index in [0.717, 1.165) is 18.7 Å². The number of carbonyl (C=O) groups is 2. The Balaban J connectivity index is 1.74. The molecule has 0 saturated heterocycles. The number of para-hydroxylation sites is 1. The zero-order valence-corrected chi connectivity index (χ0v) is 12.3. The van der Waals surface area contributed by atoms with Crippen LogP contribution in [0.3, 0.4) is 0 Å². The quantitative estimate of drug-likeness (QED) is 0.911. The first-order chi connectivity index (χ1) is 10.6. The number of nitrogens with one attached hydrogen (secondary N) is 1. The van der Waals surface area contributed by atoms with Crippen LogP contribution in [-0.4, -0.2) is 39.7 Å². The molecule has 1 aliphatic rings. The van der Waals surface area contributed by atoms with Gasteiger partial charge in [-0.2, -0.15) is 0 Å². The topological polar surface area (TPSA) is 74.6 Å². The summed E-state index contributed by atoms with van der Waals surface area (Å²) in [5.74, 6) is -0.906. The smallest absolute Gasteiger partial charge is 0.317 e. The zero-order valence-electron chi connectivity index (χ0n) is 12.3. The lowest BCUT2D eigenvalue weighted by molar-refractivity contribution is -0.136. The van der Waals surface area contributed by atoms with Gasteiger partial charge in [0.1, 0.15) is 0 Å². The minimum Gasteiger partial charge on any atom is -0.481 e. The van der Waals surface area contributed by atoms with Crippen LogP contribution in [-0.2, 0) is 17.9 Å². The zero-order chi connectivity index (χ0) is 15.5. The van der Waals surface area contributed by atoms with E-state index in [2.05, 4.69) is 28.1 Å². The second-order valence-electron chi connectivity index (χ2n) is 5.50. The minimum absolute atomic E-state index is 0.0557. The van der Waals surface area contributed by atoms with Crippen LogP contribution in [0.2, 0.25) is 0 Å². The van der Waals surface area contributed by atoms with Gasteiger partial charge in [-0.25, -0.2) is 4.79 Å². The normalized spacial score (nSPS) is 14.5. The molecule has 2 amide bonds. The highest BCUT2D eigenvalue weighted by Gasteiger charge is 2.20. The Morgan fingerprint density at radius 2 is 2.05 bits per heavy atom. The highest BCUT2D eigenvalue weighted by molar-refractivity contribution is 5.82. The summed E-state index contributed by atoms with van der Waals surface area (Å²) in [5, 5.41) is 12.5. The Morgan fingerprint density at radius 3 is 2.86 bits per heavy atom. The number of nitrogens with zero attached hydrogens (tertiary/aromatic N) is 2. The molecule has 0 bridgehead atoms. The van der Waals surface area contributed by atoms with Gasteiger partial charge in [0.05, 0.1) is 13.0 Å². The van der Waals surface area contributed by atoms with Gasteiger partial charge in [-0.3, -0.25) is 4.79 Å². The van der Waals surface area contributed by atoms with Crippen LogP contribution in [0.4, 0.5) is 4.79 Å². The third-order valence-electron chi connectivity index (χ3n) is 3.96. The van der Waals surface area contributed by atoms with Gasteiger partial charge in [-0.05, 0) is 23.9 Å². The molecule has 1 aromatic heterocycles. The molecule has 116 valence electrons. The summed E-state index contributed by atoms with van der Waals surface area (Å²) >= 11 is 0. The van der Waals surface area contributed by atoms with Gasteiger partial charge in [0, 0.05) is 30.8 Å². The molecule has 0 radical (unpaired) electrons. The summed E-state index contributed by atoms with van der Waals surface area (Å²) in [7, 11) is 0. The van der Waals surface area contributed by atoms with E-state index in [1.165, 1.54) is 10.9 Å². The second kappa shape index (κ2) is 6.09. The fourth-order valence-electron chi connectivity index (χ4n) is 2.92. The van der Waals surface area contributed by atoms with E-state index in [-0.39, 0.29) is 19.0 Å². The minimum atomic E-state index is -0.906. The maximum absolute atomic E-state index is 12.2. The van der Waals surface area contributed by atoms with Gasteiger partial charge >= 0.3 is 12.0 Å². The molecule has 1 aromatic carbocycles. The molecule has 22 heavy (non-hydrogen) atoms. The van der Waals surface area contributed by atoms with Gasteiger partial charge in [-0.1, -0.05) is 18.2 Å². The van der Waals surface area contributed by atoms with Crippen molar-refractivity contribution >= 4 is 22.9 Å². The summed E-state index contributed by atoms with van der Waals surface area (Å²) in [6.45, 7) is 2.28. The van der Waals surface area contributed by atoms with E-state index in [1.807, 2.05) is 12.1 Å². The number of carbonyl (C=O) groups excluding carboxylic acids is 1. The van der Waals surface area contributed by atoms with Gasteiger partial charge in [0.2, 0.25) is 0 Å². The van der Waals surface area contributed by atoms with Crippen molar-refractivity contribution in [3.63, 3.8) is 0 Å². The summed E-state index contributed by atoms with van der Waals surface area (Å²) in [4.78, 5) is 24.4. The van der Waals surface area contributed by atoms with Crippen LogP contribution >= 0.6 is 0 Å².